The molecule has 0 fully saturated rings. The first kappa shape index (κ1) is 28.5. The van der Waals surface area contributed by atoms with Crippen LogP contribution in [0, 0.1) is 5.41 Å². The molecule has 0 atom stereocenters. The second-order valence-electron chi connectivity index (χ2n) is 10.7. The van der Waals surface area contributed by atoms with Gasteiger partial charge in [0, 0.05) is 28.2 Å². The van der Waals surface area contributed by atoms with Gasteiger partial charge in [-0.25, -0.2) is 8.42 Å². The molecule has 204 valence electrons. The summed E-state index contributed by atoms with van der Waals surface area (Å²) in [6, 6.07) is 33.2. The number of hydrogen-bond donors (Lipinski definition) is 0. The zero-order valence-electron chi connectivity index (χ0n) is 22.0. The number of aryl methyl sites for hydroxylation is 1. The highest BCUT2D eigenvalue weighted by atomic mass is 32.2. The van der Waals surface area contributed by atoms with E-state index in [0.29, 0.717) is 0 Å². The predicted molar refractivity (Wildman–Crippen MR) is 146 cm³/mol. The molecule has 0 radical (unpaired) electrons. The number of alkyl halides is 3. The lowest BCUT2D eigenvalue weighted by Gasteiger charge is -2.25. The molecule has 1 aromatic heterocycles. The maximum absolute atomic E-state index is 10.7. The van der Waals surface area contributed by atoms with E-state index in [2.05, 4.69) is 116 Å². The van der Waals surface area contributed by atoms with Gasteiger partial charge in [0.25, 0.3) is 0 Å². The normalized spacial score (nSPS) is 13.1. The summed E-state index contributed by atoms with van der Waals surface area (Å²) < 4.78 is 61.5. The highest BCUT2D eigenvalue weighted by Crippen LogP contribution is 2.39. The standard InChI is InChI=1S/C30H30N.CHF3O3S/c1-30(2,3)21-31-28(24-15-8-5-9-16-24)20-27(22-12-6-4-7-13-22)26-19-18-23-14-10-11-17-25(23)29(26)31;2-1(3,4)8(5,6)7/h4-17,20H,18-19,21H2,1-3H3;(H,5,6,7)/q+1;/p-1. The summed E-state index contributed by atoms with van der Waals surface area (Å²) in [6.07, 6.45) is 2.18. The van der Waals surface area contributed by atoms with Gasteiger partial charge in [-0.3, -0.25) is 0 Å². The van der Waals surface area contributed by atoms with Gasteiger partial charge in [0.05, 0.1) is 0 Å². The summed E-state index contributed by atoms with van der Waals surface area (Å²) in [7, 11) is -6.09. The molecule has 1 aliphatic carbocycles. The van der Waals surface area contributed by atoms with Crippen molar-refractivity contribution in [3.8, 4) is 33.6 Å². The number of aromatic nitrogens is 1. The summed E-state index contributed by atoms with van der Waals surface area (Å²) in [4.78, 5) is 0. The lowest BCUT2D eigenvalue weighted by atomic mass is 9.83. The fourth-order valence-corrected chi connectivity index (χ4v) is 4.86. The number of fused-ring (bicyclic) bond motifs is 3. The summed E-state index contributed by atoms with van der Waals surface area (Å²) in [5, 5.41) is 0. The van der Waals surface area contributed by atoms with Gasteiger partial charge < -0.3 is 4.55 Å². The van der Waals surface area contributed by atoms with E-state index in [1.165, 1.54) is 44.8 Å². The topological polar surface area (TPSA) is 61.1 Å². The van der Waals surface area contributed by atoms with Gasteiger partial charge in [-0.05, 0) is 47.7 Å². The van der Waals surface area contributed by atoms with Crippen LogP contribution in [-0.2, 0) is 29.5 Å². The average Bonchev–Trinajstić information content (AvgIpc) is 2.88. The minimum absolute atomic E-state index is 0.169. The van der Waals surface area contributed by atoms with E-state index in [4.69, 9.17) is 13.0 Å². The van der Waals surface area contributed by atoms with Crippen molar-refractivity contribution in [3.63, 3.8) is 0 Å². The Morgan fingerprint density at radius 1 is 0.769 bits per heavy atom. The minimum atomic E-state index is -6.09. The highest BCUT2D eigenvalue weighted by Gasteiger charge is 2.37. The zero-order valence-corrected chi connectivity index (χ0v) is 22.8. The molecule has 4 nitrogen and oxygen atoms in total. The van der Waals surface area contributed by atoms with Crippen molar-refractivity contribution < 1.29 is 30.7 Å². The molecule has 0 spiro atoms. The Balaban J connectivity index is 0.000000386. The van der Waals surface area contributed by atoms with E-state index in [1.807, 2.05) is 0 Å². The van der Waals surface area contributed by atoms with Crippen LogP contribution in [0.2, 0.25) is 0 Å². The monoisotopic (exact) mass is 553 g/mol. The minimum Gasteiger partial charge on any atom is -0.741 e. The number of nitrogens with zero attached hydrogens (tertiary/aromatic N) is 1. The molecule has 0 N–H and O–H groups in total. The molecule has 0 amide bonds. The predicted octanol–water partition coefficient (Wildman–Crippen LogP) is 7.17. The molecule has 1 heterocycles. The van der Waals surface area contributed by atoms with Crippen LogP contribution in [0.15, 0.2) is 91.0 Å². The fraction of sp³-hybridized carbons (Fsp3) is 0.258. The third-order valence-corrected chi connectivity index (χ3v) is 7.01. The summed E-state index contributed by atoms with van der Waals surface area (Å²) in [5.74, 6) is 0. The van der Waals surface area contributed by atoms with Crippen LogP contribution in [0.5, 0.6) is 0 Å². The molecule has 0 bridgehead atoms. The molecule has 0 saturated carbocycles. The molecule has 0 saturated heterocycles. The van der Waals surface area contributed by atoms with E-state index < -0.39 is 15.6 Å². The molecule has 39 heavy (non-hydrogen) atoms. The van der Waals surface area contributed by atoms with Crippen LogP contribution in [0.25, 0.3) is 33.6 Å². The Kier molecular flexibility index (Phi) is 8.00. The maximum Gasteiger partial charge on any atom is 0.485 e. The molecule has 5 rings (SSSR count). The molecule has 4 aromatic rings. The van der Waals surface area contributed by atoms with Gasteiger partial charge in [-0.1, -0.05) is 87.5 Å². The van der Waals surface area contributed by atoms with E-state index in [0.717, 1.165) is 19.4 Å². The van der Waals surface area contributed by atoms with Crippen molar-refractivity contribution in [2.45, 2.75) is 45.7 Å². The summed E-state index contributed by atoms with van der Waals surface area (Å²) >= 11 is 0. The second-order valence-corrected chi connectivity index (χ2v) is 12.1. The average molecular weight is 554 g/mol. The quantitative estimate of drug-likeness (QED) is 0.154. The van der Waals surface area contributed by atoms with Gasteiger partial charge in [-0.2, -0.15) is 17.7 Å². The summed E-state index contributed by atoms with van der Waals surface area (Å²) in [5.41, 5.74) is 5.50. The molecule has 8 heteroatoms. The summed E-state index contributed by atoms with van der Waals surface area (Å²) in [6.45, 7) is 7.98. The van der Waals surface area contributed by atoms with Crippen LogP contribution < -0.4 is 4.57 Å². The zero-order chi connectivity index (χ0) is 28.4. The molecule has 3 aromatic carbocycles. The largest absolute Gasteiger partial charge is 0.741 e. The van der Waals surface area contributed by atoms with E-state index in [1.54, 1.807) is 0 Å². The smallest absolute Gasteiger partial charge is 0.485 e. The third kappa shape index (κ3) is 6.57. The molecule has 0 unspecified atom stereocenters. The Morgan fingerprint density at radius 3 is 1.82 bits per heavy atom. The Hall–Kier alpha value is -3.49. The number of halogens is 3. The maximum atomic E-state index is 10.7. The first-order valence-corrected chi connectivity index (χ1v) is 14.0. The van der Waals surface area contributed by atoms with Crippen LogP contribution >= 0.6 is 0 Å². The molecular formula is C31H30F3NO3S. The van der Waals surface area contributed by atoms with Crippen molar-refractivity contribution in [2.75, 3.05) is 0 Å². The first-order valence-electron chi connectivity index (χ1n) is 12.6. The number of benzene rings is 3. The highest BCUT2D eigenvalue weighted by molar-refractivity contribution is 7.86. The Morgan fingerprint density at radius 2 is 1.28 bits per heavy atom. The van der Waals surface area contributed by atoms with Crippen molar-refractivity contribution >= 4 is 10.1 Å². The fourth-order valence-electron chi connectivity index (χ4n) is 4.86. The van der Waals surface area contributed by atoms with E-state index >= 15 is 0 Å². The number of hydrogen-bond acceptors (Lipinski definition) is 3. The van der Waals surface area contributed by atoms with Crippen LogP contribution in [0.3, 0.4) is 0 Å². The van der Waals surface area contributed by atoms with Crippen molar-refractivity contribution in [2.24, 2.45) is 5.41 Å². The second kappa shape index (κ2) is 10.9. The van der Waals surface area contributed by atoms with Crippen LogP contribution in [-0.4, -0.2) is 18.5 Å². The van der Waals surface area contributed by atoms with Crippen LogP contribution in [0.1, 0.15) is 31.9 Å². The van der Waals surface area contributed by atoms with Crippen molar-refractivity contribution in [3.05, 3.63) is 102 Å². The molecule has 1 aliphatic rings. The first-order chi connectivity index (χ1) is 18.3. The van der Waals surface area contributed by atoms with Gasteiger partial charge >= 0.3 is 5.51 Å². The van der Waals surface area contributed by atoms with Crippen molar-refractivity contribution in [1.82, 2.24) is 0 Å². The Labute approximate surface area is 227 Å². The van der Waals surface area contributed by atoms with E-state index in [9.17, 15) is 13.2 Å². The molecule has 0 aliphatic heterocycles. The molecular weight excluding hydrogens is 523 g/mol. The van der Waals surface area contributed by atoms with E-state index in [-0.39, 0.29) is 5.41 Å². The number of pyridine rings is 1. The van der Waals surface area contributed by atoms with Gasteiger partial charge in [-0.15, -0.1) is 0 Å². The van der Waals surface area contributed by atoms with Gasteiger partial charge in [0.2, 0.25) is 11.4 Å². The van der Waals surface area contributed by atoms with Crippen LogP contribution in [0.4, 0.5) is 13.2 Å². The SMILES string of the molecule is CC(C)(C)C[n+]1c(-c2ccccc2)cc(-c2ccccc2)c2c1-c1ccccc1CC2.O=S(=O)([O-])C(F)(F)F. The number of rotatable bonds is 3. The Bertz CT molecular complexity index is 1560. The van der Waals surface area contributed by atoms with Gasteiger partial charge in [0.1, 0.15) is 0 Å². The third-order valence-electron chi connectivity index (χ3n) is 6.44. The lowest BCUT2D eigenvalue weighted by molar-refractivity contribution is -0.687. The van der Waals surface area contributed by atoms with Crippen molar-refractivity contribution in [1.29, 1.82) is 0 Å². The van der Waals surface area contributed by atoms with Gasteiger partial charge in [0.15, 0.2) is 16.7 Å². The lowest BCUT2D eigenvalue weighted by Crippen LogP contribution is -2.46.